The zero-order valence-electron chi connectivity index (χ0n) is 13.6. The second kappa shape index (κ2) is 8.19. The van der Waals surface area contributed by atoms with Gasteiger partial charge in [0.1, 0.15) is 12.4 Å². The first-order chi connectivity index (χ1) is 11.0. The lowest BCUT2D eigenvalue weighted by molar-refractivity contribution is -0.109. The summed E-state index contributed by atoms with van der Waals surface area (Å²) in [6, 6.07) is 0.0644. The molecule has 1 aliphatic heterocycles. The van der Waals surface area contributed by atoms with E-state index in [9.17, 15) is 9.59 Å². The van der Waals surface area contributed by atoms with Gasteiger partial charge in [-0.2, -0.15) is 0 Å². The lowest BCUT2D eigenvalue weighted by Crippen LogP contribution is -2.36. The molecular formula is C16H23N3O3S. The third kappa shape index (κ3) is 5.13. The number of thioether (sulfide) groups is 1. The number of aromatic nitrogens is 2. The number of likely N-dealkylation sites (tertiary alicyclic amines) is 1. The zero-order valence-corrected chi connectivity index (χ0v) is 14.4. The van der Waals surface area contributed by atoms with E-state index in [1.807, 2.05) is 13.1 Å². The van der Waals surface area contributed by atoms with Crippen molar-refractivity contribution in [1.29, 1.82) is 0 Å². The summed E-state index contributed by atoms with van der Waals surface area (Å²) >= 11 is 1.30. The molecule has 2 heterocycles. The zero-order chi connectivity index (χ0) is 16.8. The lowest BCUT2D eigenvalue weighted by Gasteiger charge is -2.23. The van der Waals surface area contributed by atoms with Crippen molar-refractivity contribution in [2.24, 2.45) is 0 Å². The van der Waals surface area contributed by atoms with Gasteiger partial charge in [-0.25, -0.2) is 9.78 Å². The second-order valence-corrected chi connectivity index (χ2v) is 7.14. The normalized spacial score (nSPS) is 20.5. The Morgan fingerprint density at radius 3 is 3.00 bits per heavy atom. The van der Waals surface area contributed by atoms with E-state index in [0.29, 0.717) is 6.54 Å². The van der Waals surface area contributed by atoms with E-state index >= 15 is 0 Å². The average molecular weight is 337 g/mol. The maximum atomic E-state index is 12.2. The number of hydrogen-bond donors (Lipinski definition) is 1. The van der Waals surface area contributed by atoms with Crippen molar-refractivity contribution in [2.75, 3.05) is 13.2 Å². The fourth-order valence-corrected chi connectivity index (χ4v) is 3.82. The highest BCUT2D eigenvalue weighted by Gasteiger charge is 2.36. The Morgan fingerprint density at radius 1 is 1.61 bits per heavy atom. The van der Waals surface area contributed by atoms with Crippen molar-refractivity contribution in [1.82, 2.24) is 14.9 Å². The predicted molar refractivity (Wildman–Crippen MR) is 90.4 cm³/mol. The minimum atomic E-state index is -0.336. The number of carbonyl (C=O) groups excluding carboxylic acids is 2. The van der Waals surface area contributed by atoms with Crippen molar-refractivity contribution in [3.63, 3.8) is 0 Å². The van der Waals surface area contributed by atoms with Gasteiger partial charge < -0.3 is 14.6 Å². The number of rotatable bonds is 6. The number of nitrogens with zero attached hydrogens (tertiary/aromatic N) is 2. The van der Waals surface area contributed by atoms with E-state index in [2.05, 4.69) is 16.5 Å². The van der Waals surface area contributed by atoms with Gasteiger partial charge in [0.25, 0.3) is 0 Å². The number of imidazole rings is 1. The van der Waals surface area contributed by atoms with Crippen LogP contribution in [0.2, 0.25) is 0 Å². The molecule has 2 rings (SSSR count). The predicted octanol–water partition coefficient (Wildman–Crippen LogP) is 2.70. The van der Waals surface area contributed by atoms with Crippen LogP contribution < -0.4 is 0 Å². The van der Waals surface area contributed by atoms with E-state index in [4.69, 9.17) is 4.74 Å². The van der Waals surface area contributed by atoms with Gasteiger partial charge in [-0.1, -0.05) is 24.4 Å². The summed E-state index contributed by atoms with van der Waals surface area (Å²) in [4.78, 5) is 32.8. The van der Waals surface area contributed by atoms with Gasteiger partial charge in [0.05, 0.1) is 5.69 Å². The molecule has 1 saturated heterocycles. The van der Waals surface area contributed by atoms with E-state index < -0.39 is 0 Å². The third-order valence-corrected chi connectivity index (χ3v) is 4.75. The van der Waals surface area contributed by atoms with E-state index in [1.54, 1.807) is 17.9 Å². The molecule has 23 heavy (non-hydrogen) atoms. The molecule has 1 fully saturated rings. The molecule has 1 aromatic rings. The highest BCUT2D eigenvalue weighted by molar-refractivity contribution is 8.14. The Kier molecular flexibility index (Phi) is 6.27. The van der Waals surface area contributed by atoms with Gasteiger partial charge in [-0.15, -0.1) is 0 Å². The standard InChI is InChI=1S/C16H23N3O3S/c1-4-7-22-16(21)19-10-14(23-12(3)20)8-13(19)5-6-15-17-9-11(2)18-15/h4,9,13-14H,1,5-8,10H2,2-3H3,(H,17,18)/t13-,14+/m1/s1. The fraction of sp³-hybridized carbons (Fsp3) is 0.562. The number of aromatic amines is 1. The van der Waals surface area contributed by atoms with Crippen LogP contribution in [0.4, 0.5) is 4.79 Å². The fourth-order valence-electron chi connectivity index (χ4n) is 2.80. The van der Waals surface area contributed by atoms with E-state index in [0.717, 1.165) is 30.8 Å². The second-order valence-electron chi connectivity index (χ2n) is 5.67. The molecule has 7 heteroatoms. The Hall–Kier alpha value is -1.76. The van der Waals surface area contributed by atoms with Crippen molar-refractivity contribution in [2.45, 2.75) is 44.4 Å². The van der Waals surface area contributed by atoms with Gasteiger partial charge in [0, 0.05) is 37.4 Å². The number of aryl methyl sites for hydroxylation is 2. The summed E-state index contributed by atoms with van der Waals surface area (Å²) < 4.78 is 5.17. The average Bonchev–Trinajstić information content (AvgIpc) is 3.08. The molecule has 1 N–H and O–H groups in total. The number of hydrogen-bond acceptors (Lipinski definition) is 5. The maximum Gasteiger partial charge on any atom is 0.410 e. The van der Waals surface area contributed by atoms with E-state index in [-0.39, 0.29) is 29.1 Å². The van der Waals surface area contributed by atoms with E-state index in [1.165, 1.54) is 11.8 Å². The van der Waals surface area contributed by atoms with Gasteiger partial charge in [0.15, 0.2) is 5.12 Å². The molecule has 6 nitrogen and oxygen atoms in total. The van der Waals surface area contributed by atoms with Gasteiger partial charge in [-0.3, -0.25) is 4.79 Å². The molecule has 0 radical (unpaired) electrons. The van der Waals surface area contributed by atoms with Crippen LogP contribution in [0, 0.1) is 6.92 Å². The first-order valence-electron chi connectivity index (χ1n) is 7.72. The summed E-state index contributed by atoms with van der Waals surface area (Å²) in [6.45, 7) is 7.79. The van der Waals surface area contributed by atoms with Crippen molar-refractivity contribution in [3.8, 4) is 0 Å². The van der Waals surface area contributed by atoms with Crippen LogP contribution in [-0.2, 0) is 16.0 Å². The highest BCUT2D eigenvalue weighted by Crippen LogP contribution is 2.30. The molecule has 0 unspecified atom stereocenters. The molecule has 0 saturated carbocycles. The van der Waals surface area contributed by atoms with Crippen molar-refractivity contribution in [3.05, 3.63) is 30.4 Å². The number of ether oxygens (including phenoxy) is 1. The van der Waals surface area contributed by atoms with Crippen LogP contribution in [0.25, 0.3) is 0 Å². The molecule has 2 atom stereocenters. The summed E-state index contributed by atoms with van der Waals surface area (Å²) in [6.07, 6.45) is 5.45. The third-order valence-electron chi connectivity index (χ3n) is 3.74. The highest BCUT2D eigenvalue weighted by atomic mass is 32.2. The monoisotopic (exact) mass is 337 g/mol. The topological polar surface area (TPSA) is 75.3 Å². The molecule has 0 bridgehead atoms. The van der Waals surface area contributed by atoms with Gasteiger partial charge in [0.2, 0.25) is 0 Å². The Balaban J connectivity index is 1.97. The SMILES string of the molecule is C=CCOC(=O)N1C[C@@H](SC(C)=O)C[C@H]1CCc1nc(C)c[nH]1. The summed E-state index contributed by atoms with van der Waals surface area (Å²) in [5, 5.41) is 0.212. The van der Waals surface area contributed by atoms with Crippen LogP contribution in [0.5, 0.6) is 0 Å². The summed E-state index contributed by atoms with van der Waals surface area (Å²) in [7, 11) is 0. The van der Waals surface area contributed by atoms with Crippen LogP contribution in [0.15, 0.2) is 18.9 Å². The Bertz CT molecular complexity index is 573. The van der Waals surface area contributed by atoms with Crippen LogP contribution in [-0.4, -0.2) is 50.5 Å². The Labute approximate surface area is 140 Å². The molecule has 1 aromatic heterocycles. The molecule has 126 valence electrons. The molecule has 0 aromatic carbocycles. The number of nitrogens with one attached hydrogen (secondary N) is 1. The van der Waals surface area contributed by atoms with Gasteiger partial charge >= 0.3 is 6.09 Å². The number of amides is 1. The molecule has 0 aliphatic carbocycles. The van der Waals surface area contributed by atoms with Crippen LogP contribution >= 0.6 is 11.8 Å². The minimum absolute atomic E-state index is 0.0644. The minimum Gasteiger partial charge on any atom is -0.445 e. The largest absolute Gasteiger partial charge is 0.445 e. The smallest absolute Gasteiger partial charge is 0.410 e. The number of carbonyl (C=O) groups is 2. The first-order valence-corrected chi connectivity index (χ1v) is 8.60. The lowest BCUT2D eigenvalue weighted by atomic mass is 10.1. The number of H-pyrrole nitrogens is 1. The van der Waals surface area contributed by atoms with Crippen LogP contribution in [0.3, 0.4) is 0 Å². The molecular weight excluding hydrogens is 314 g/mol. The molecule has 1 aliphatic rings. The van der Waals surface area contributed by atoms with Crippen LogP contribution in [0.1, 0.15) is 31.3 Å². The Morgan fingerprint density at radius 2 is 2.39 bits per heavy atom. The maximum absolute atomic E-state index is 12.2. The summed E-state index contributed by atoms with van der Waals surface area (Å²) in [5.41, 5.74) is 0.957. The van der Waals surface area contributed by atoms with Gasteiger partial charge in [-0.05, 0) is 19.8 Å². The first kappa shape index (κ1) is 17.6. The molecule has 0 spiro atoms. The summed E-state index contributed by atoms with van der Waals surface area (Å²) in [5.74, 6) is 0.921. The van der Waals surface area contributed by atoms with Crippen molar-refractivity contribution >= 4 is 23.0 Å². The van der Waals surface area contributed by atoms with Crippen molar-refractivity contribution < 1.29 is 14.3 Å². The molecule has 1 amide bonds. The quantitative estimate of drug-likeness (QED) is 0.808.